The van der Waals surface area contributed by atoms with Gasteiger partial charge in [0.25, 0.3) is 0 Å². The lowest BCUT2D eigenvalue weighted by Gasteiger charge is -2.27. The van der Waals surface area contributed by atoms with E-state index in [1.807, 2.05) is 61.5 Å². The van der Waals surface area contributed by atoms with E-state index in [4.69, 9.17) is 9.47 Å². The van der Waals surface area contributed by atoms with Gasteiger partial charge in [0.15, 0.2) is 0 Å². The van der Waals surface area contributed by atoms with Crippen LogP contribution in [-0.2, 0) is 16.1 Å². The van der Waals surface area contributed by atoms with Crippen molar-refractivity contribution in [3.63, 3.8) is 0 Å². The second-order valence-corrected chi connectivity index (χ2v) is 8.05. The number of nitrogens with zero attached hydrogens (tertiary/aromatic N) is 4. The molecule has 1 aliphatic rings. The molecule has 33 heavy (non-hydrogen) atoms. The summed E-state index contributed by atoms with van der Waals surface area (Å²) in [5.41, 5.74) is 2.93. The van der Waals surface area contributed by atoms with Crippen molar-refractivity contribution in [1.29, 1.82) is 0 Å². The molecule has 4 rings (SSSR count). The molecule has 8 nitrogen and oxygen atoms in total. The molecular weight excluding hydrogens is 418 g/mol. The third-order valence-electron chi connectivity index (χ3n) is 5.61. The van der Waals surface area contributed by atoms with Crippen LogP contribution >= 0.6 is 0 Å². The maximum absolute atomic E-state index is 13.2. The molecule has 0 fully saturated rings. The van der Waals surface area contributed by atoms with Gasteiger partial charge in [-0.2, -0.15) is 4.68 Å². The zero-order valence-corrected chi connectivity index (χ0v) is 19.0. The quantitative estimate of drug-likeness (QED) is 0.357. The van der Waals surface area contributed by atoms with Crippen molar-refractivity contribution in [2.75, 3.05) is 11.9 Å². The van der Waals surface area contributed by atoms with Gasteiger partial charge in [0.2, 0.25) is 5.95 Å². The largest absolute Gasteiger partial charge is 0.494 e. The molecule has 1 aliphatic heterocycles. The number of esters is 1. The van der Waals surface area contributed by atoms with Crippen LogP contribution < -0.4 is 10.1 Å². The molecule has 1 unspecified atom stereocenters. The summed E-state index contributed by atoms with van der Waals surface area (Å²) in [6, 6.07) is 16.8. The summed E-state index contributed by atoms with van der Waals surface area (Å²) < 4.78 is 13.1. The predicted molar refractivity (Wildman–Crippen MR) is 125 cm³/mol. The van der Waals surface area contributed by atoms with Crippen LogP contribution in [-0.4, -0.2) is 32.8 Å². The summed E-state index contributed by atoms with van der Waals surface area (Å²) in [5.74, 6) is 0.870. The number of allylic oxidation sites excluding steroid dienone is 1. The minimum Gasteiger partial charge on any atom is -0.494 e. The lowest BCUT2D eigenvalue weighted by atomic mass is 9.95. The summed E-state index contributed by atoms with van der Waals surface area (Å²) in [7, 11) is 0. The average Bonchev–Trinajstić information content (AvgIpc) is 3.31. The highest BCUT2D eigenvalue weighted by atomic mass is 16.5. The first-order valence-electron chi connectivity index (χ1n) is 11.4. The van der Waals surface area contributed by atoms with Crippen molar-refractivity contribution in [1.82, 2.24) is 20.2 Å². The van der Waals surface area contributed by atoms with E-state index >= 15 is 0 Å². The third kappa shape index (κ3) is 5.39. The lowest BCUT2D eigenvalue weighted by Crippen LogP contribution is -2.29. The highest BCUT2D eigenvalue weighted by molar-refractivity contribution is 5.92. The van der Waals surface area contributed by atoms with Gasteiger partial charge in [0, 0.05) is 5.70 Å². The number of tetrazole rings is 1. The van der Waals surface area contributed by atoms with Gasteiger partial charge in [0.1, 0.15) is 18.4 Å². The molecule has 1 atom stereocenters. The molecule has 0 radical (unpaired) electrons. The van der Waals surface area contributed by atoms with Crippen LogP contribution in [0, 0.1) is 0 Å². The lowest BCUT2D eigenvalue weighted by molar-refractivity contribution is -0.140. The van der Waals surface area contributed by atoms with Gasteiger partial charge in [0.05, 0.1) is 12.2 Å². The standard InChI is InChI=1S/C25H29N5O3/c1-3-4-5-9-16-32-21-14-12-20(13-15-21)23-22(18(2)26-25-27-28-29-30(23)25)24(31)33-17-19-10-7-6-8-11-19/h6-8,10-15,23H,3-5,9,16-17H2,1-2H3,(H,26,27,29). The van der Waals surface area contributed by atoms with Crippen LogP contribution in [0.15, 0.2) is 65.9 Å². The number of ether oxygens (including phenoxy) is 2. The summed E-state index contributed by atoms with van der Waals surface area (Å²) in [6.45, 7) is 4.91. The molecule has 2 aromatic carbocycles. The first kappa shape index (κ1) is 22.5. The van der Waals surface area contributed by atoms with Crippen LogP contribution in [0.5, 0.6) is 5.75 Å². The van der Waals surface area contributed by atoms with Gasteiger partial charge >= 0.3 is 5.97 Å². The van der Waals surface area contributed by atoms with Gasteiger partial charge in [-0.05, 0) is 47.0 Å². The molecule has 172 valence electrons. The summed E-state index contributed by atoms with van der Waals surface area (Å²) in [5, 5.41) is 15.0. The highest BCUT2D eigenvalue weighted by Gasteiger charge is 2.35. The van der Waals surface area contributed by atoms with Crippen molar-refractivity contribution in [3.05, 3.63) is 77.0 Å². The van der Waals surface area contributed by atoms with E-state index < -0.39 is 12.0 Å². The number of anilines is 1. The number of carbonyl (C=O) groups excluding carboxylic acids is 1. The number of hydrogen-bond donors (Lipinski definition) is 1. The van der Waals surface area contributed by atoms with Crippen LogP contribution in [0.1, 0.15) is 56.7 Å². The normalized spacial score (nSPS) is 15.0. The van der Waals surface area contributed by atoms with Gasteiger partial charge in [-0.15, -0.1) is 0 Å². The molecule has 0 spiro atoms. The molecule has 0 aliphatic carbocycles. The second-order valence-electron chi connectivity index (χ2n) is 8.05. The Morgan fingerprint density at radius 1 is 1.06 bits per heavy atom. The Kier molecular flexibility index (Phi) is 7.34. The number of aromatic nitrogens is 4. The topological polar surface area (TPSA) is 91.2 Å². The SMILES string of the molecule is CCCCCCOc1ccc(C2C(C(=O)OCc3ccccc3)=C(C)Nc3nnnn32)cc1. The number of benzene rings is 2. The number of fused-ring (bicyclic) bond motifs is 1. The Morgan fingerprint density at radius 2 is 1.85 bits per heavy atom. The van der Waals surface area contributed by atoms with Crippen molar-refractivity contribution in [2.45, 2.75) is 52.2 Å². The number of unbranched alkanes of at least 4 members (excludes halogenated alkanes) is 3. The molecule has 1 N–H and O–H groups in total. The summed E-state index contributed by atoms with van der Waals surface area (Å²) >= 11 is 0. The van der Waals surface area contributed by atoms with Crippen LogP contribution in [0.4, 0.5) is 5.95 Å². The molecule has 0 amide bonds. The molecule has 0 bridgehead atoms. The Hall–Kier alpha value is -3.68. The molecule has 8 heteroatoms. The van der Waals surface area contributed by atoms with E-state index in [1.165, 1.54) is 19.3 Å². The molecule has 1 aromatic heterocycles. The van der Waals surface area contributed by atoms with Crippen molar-refractivity contribution in [3.8, 4) is 5.75 Å². The van der Waals surface area contributed by atoms with E-state index in [1.54, 1.807) is 4.68 Å². The van der Waals surface area contributed by atoms with Crippen LogP contribution in [0.2, 0.25) is 0 Å². The van der Waals surface area contributed by atoms with E-state index in [-0.39, 0.29) is 6.61 Å². The van der Waals surface area contributed by atoms with Gasteiger partial charge in [-0.25, -0.2) is 4.79 Å². The Bertz CT molecular complexity index is 1090. The summed E-state index contributed by atoms with van der Waals surface area (Å²) in [6.07, 6.45) is 4.63. The minimum absolute atomic E-state index is 0.191. The number of rotatable bonds is 10. The van der Waals surface area contributed by atoms with Gasteiger partial charge in [-0.3, -0.25) is 0 Å². The van der Waals surface area contributed by atoms with Crippen molar-refractivity contribution in [2.24, 2.45) is 0 Å². The molecule has 3 aromatic rings. The summed E-state index contributed by atoms with van der Waals surface area (Å²) in [4.78, 5) is 13.2. The molecule has 2 heterocycles. The first-order valence-corrected chi connectivity index (χ1v) is 11.4. The molecule has 0 saturated heterocycles. The Labute approximate surface area is 193 Å². The fourth-order valence-electron chi connectivity index (χ4n) is 3.85. The number of nitrogens with one attached hydrogen (secondary N) is 1. The zero-order chi connectivity index (χ0) is 23.0. The van der Waals surface area contributed by atoms with E-state index in [0.29, 0.717) is 23.8 Å². The fourth-order valence-corrected chi connectivity index (χ4v) is 3.85. The third-order valence-corrected chi connectivity index (χ3v) is 5.61. The number of hydrogen-bond acceptors (Lipinski definition) is 7. The maximum Gasteiger partial charge on any atom is 0.338 e. The smallest absolute Gasteiger partial charge is 0.338 e. The Morgan fingerprint density at radius 3 is 2.61 bits per heavy atom. The van der Waals surface area contributed by atoms with Gasteiger partial charge in [-0.1, -0.05) is 73.7 Å². The van der Waals surface area contributed by atoms with Gasteiger partial charge < -0.3 is 14.8 Å². The van der Waals surface area contributed by atoms with Crippen LogP contribution in [0.25, 0.3) is 0 Å². The Balaban J connectivity index is 1.52. The molecular formula is C25H29N5O3. The highest BCUT2D eigenvalue weighted by Crippen LogP contribution is 2.35. The monoisotopic (exact) mass is 447 g/mol. The maximum atomic E-state index is 13.2. The minimum atomic E-state index is -0.502. The predicted octanol–water partition coefficient (Wildman–Crippen LogP) is 4.66. The van der Waals surface area contributed by atoms with Crippen molar-refractivity contribution >= 4 is 11.9 Å². The van der Waals surface area contributed by atoms with E-state index in [0.717, 1.165) is 23.3 Å². The second kappa shape index (κ2) is 10.8. The fraction of sp³-hybridized carbons (Fsp3) is 0.360. The number of carbonyl (C=O) groups is 1. The van der Waals surface area contributed by atoms with E-state index in [9.17, 15) is 4.79 Å². The first-order chi connectivity index (χ1) is 16.2. The van der Waals surface area contributed by atoms with Crippen LogP contribution in [0.3, 0.4) is 0 Å². The van der Waals surface area contributed by atoms with Crippen molar-refractivity contribution < 1.29 is 14.3 Å². The van der Waals surface area contributed by atoms with E-state index in [2.05, 4.69) is 27.8 Å². The average molecular weight is 448 g/mol. The zero-order valence-electron chi connectivity index (χ0n) is 19.0. The molecule has 0 saturated carbocycles.